The van der Waals surface area contributed by atoms with Crippen molar-refractivity contribution in [2.75, 3.05) is 0 Å². The Morgan fingerprint density at radius 3 is 2.74 bits per heavy atom. The van der Waals surface area contributed by atoms with Crippen LogP contribution in [0.5, 0.6) is 0 Å². The third-order valence-electron chi connectivity index (χ3n) is 5.16. The van der Waals surface area contributed by atoms with Crippen LogP contribution in [0.2, 0.25) is 0 Å². The number of H-pyrrole nitrogens is 1. The molecular formula is C20H22N2O. The number of pyridine rings is 1. The first-order valence-corrected chi connectivity index (χ1v) is 8.24. The molecule has 4 rings (SSSR count). The van der Waals surface area contributed by atoms with Gasteiger partial charge in [0, 0.05) is 23.6 Å². The summed E-state index contributed by atoms with van der Waals surface area (Å²) in [5.74, 6) is 0. The Morgan fingerprint density at radius 2 is 1.96 bits per heavy atom. The molecule has 0 unspecified atom stereocenters. The summed E-state index contributed by atoms with van der Waals surface area (Å²) in [7, 11) is 1.91. The van der Waals surface area contributed by atoms with E-state index in [2.05, 4.69) is 37.0 Å². The molecule has 0 saturated heterocycles. The summed E-state index contributed by atoms with van der Waals surface area (Å²) >= 11 is 0. The lowest BCUT2D eigenvalue weighted by atomic mass is 9.75. The summed E-state index contributed by atoms with van der Waals surface area (Å²) in [6, 6.07) is 12.3. The van der Waals surface area contributed by atoms with E-state index in [1.54, 1.807) is 0 Å². The first kappa shape index (κ1) is 14.3. The van der Waals surface area contributed by atoms with Crippen molar-refractivity contribution in [3.05, 3.63) is 58.0 Å². The van der Waals surface area contributed by atoms with E-state index in [0.717, 1.165) is 41.4 Å². The van der Waals surface area contributed by atoms with Crippen LogP contribution in [0.1, 0.15) is 31.5 Å². The van der Waals surface area contributed by atoms with E-state index in [0.29, 0.717) is 5.41 Å². The van der Waals surface area contributed by atoms with Crippen molar-refractivity contribution in [1.29, 1.82) is 0 Å². The van der Waals surface area contributed by atoms with Gasteiger partial charge in [-0.15, -0.1) is 0 Å². The Morgan fingerprint density at radius 1 is 1.17 bits per heavy atom. The molecule has 2 aromatic heterocycles. The molecule has 3 aromatic rings. The van der Waals surface area contributed by atoms with E-state index in [-0.39, 0.29) is 5.56 Å². The molecule has 3 nitrogen and oxygen atoms in total. The summed E-state index contributed by atoms with van der Waals surface area (Å²) in [5, 5.41) is 1.14. The average Bonchev–Trinajstić information content (AvgIpc) is 2.93. The molecule has 1 aromatic carbocycles. The third-order valence-corrected chi connectivity index (χ3v) is 5.16. The number of aromatic nitrogens is 2. The summed E-state index contributed by atoms with van der Waals surface area (Å²) in [5.41, 5.74) is 5.68. The van der Waals surface area contributed by atoms with E-state index < -0.39 is 0 Å². The van der Waals surface area contributed by atoms with Crippen molar-refractivity contribution in [3.8, 4) is 11.3 Å². The number of fused-ring (bicyclic) bond motifs is 2. The molecule has 0 atom stereocenters. The summed E-state index contributed by atoms with van der Waals surface area (Å²) in [4.78, 5) is 16.2. The third kappa shape index (κ3) is 2.31. The standard InChI is InChI=1S/C20H22N2O/c1-20(2)9-8-18-14(12-20)10-15(19(23)22(18)3)17-11-13-6-4-5-7-16(13)21-17/h4-7,10-11,21H,8-9,12H2,1-3H3. The number of hydrogen-bond acceptors (Lipinski definition) is 1. The molecule has 0 radical (unpaired) electrons. The van der Waals surface area contributed by atoms with Gasteiger partial charge in [-0.3, -0.25) is 4.79 Å². The lowest BCUT2D eigenvalue weighted by Crippen LogP contribution is -2.30. The topological polar surface area (TPSA) is 37.8 Å². The normalized spacial score (nSPS) is 16.5. The smallest absolute Gasteiger partial charge is 0.259 e. The average molecular weight is 306 g/mol. The Kier molecular flexibility index (Phi) is 3.02. The van der Waals surface area contributed by atoms with Crippen LogP contribution in [0.15, 0.2) is 41.2 Å². The second kappa shape index (κ2) is 4.85. The monoisotopic (exact) mass is 306 g/mol. The minimum absolute atomic E-state index is 0.0926. The second-order valence-corrected chi connectivity index (χ2v) is 7.51. The van der Waals surface area contributed by atoms with Gasteiger partial charge in [-0.2, -0.15) is 0 Å². The van der Waals surface area contributed by atoms with Crippen LogP contribution in [0.25, 0.3) is 22.2 Å². The molecule has 0 saturated carbocycles. The maximum atomic E-state index is 12.8. The van der Waals surface area contributed by atoms with Gasteiger partial charge < -0.3 is 9.55 Å². The highest BCUT2D eigenvalue weighted by Gasteiger charge is 2.28. The molecule has 1 N–H and O–H groups in total. The number of para-hydroxylation sites is 1. The second-order valence-electron chi connectivity index (χ2n) is 7.51. The largest absolute Gasteiger partial charge is 0.354 e. The number of nitrogens with one attached hydrogen (secondary N) is 1. The predicted molar refractivity (Wildman–Crippen MR) is 94.8 cm³/mol. The molecule has 0 spiro atoms. The lowest BCUT2D eigenvalue weighted by molar-refractivity contribution is 0.308. The Bertz CT molecular complexity index is 926. The van der Waals surface area contributed by atoms with Crippen molar-refractivity contribution in [3.63, 3.8) is 0 Å². The first-order chi connectivity index (χ1) is 10.9. The van der Waals surface area contributed by atoms with Crippen LogP contribution in [-0.2, 0) is 19.9 Å². The van der Waals surface area contributed by atoms with Gasteiger partial charge in [-0.05, 0) is 48.4 Å². The SMILES string of the molecule is Cn1c2c(cc(-c3cc4ccccc4[nH]3)c1=O)CC(C)(C)CC2. The Hall–Kier alpha value is -2.29. The summed E-state index contributed by atoms with van der Waals surface area (Å²) in [6.45, 7) is 4.62. The molecule has 0 aliphatic heterocycles. The zero-order chi connectivity index (χ0) is 16.2. The number of nitrogens with zero attached hydrogens (tertiary/aromatic N) is 1. The number of hydrogen-bond donors (Lipinski definition) is 1. The number of aromatic amines is 1. The predicted octanol–water partition coefficient (Wildman–Crippen LogP) is 4.05. The Labute approximate surface area is 136 Å². The molecule has 1 aliphatic rings. The molecule has 1 aliphatic carbocycles. The zero-order valence-corrected chi connectivity index (χ0v) is 13.9. The highest BCUT2D eigenvalue weighted by molar-refractivity contribution is 5.85. The quantitative estimate of drug-likeness (QED) is 0.723. The highest BCUT2D eigenvalue weighted by atomic mass is 16.1. The maximum Gasteiger partial charge on any atom is 0.259 e. The van der Waals surface area contributed by atoms with Crippen molar-refractivity contribution < 1.29 is 0 Å². The minimum Gasteiger partial charge on any atom is -0.354 e. The summed E-state index contributed by atoms with van der Waals surface area (Å²) < 4.78 is 1.85. The van der Waals surface area contributed by atoms with Gasteiger partial charge in [-0.1, -0.05) is 32.0 Å². The van der Waals surface area contributed by atoms with E-state index >= 15 is 0 Å². The van der Waals surface area contributed by atoms with Crippen molar-refractivity contribution in [1.82, 2.24) is 9.55 Å². The van der Waals surface area contributed by atoms with Gasteiger partial charge in [0.2, 0.25) is 0 Å². The number of benzene rings is 1. The van der Waals surface area contributed by atoms with Crippen molar-refractivity contribution in [2.24, 2.45) is 12.5 Å². The van der Waals surface area contributed by atoms with E-state index in [1.165, 1.54) is 11.3 Å². The molecule has 23 heavy (non-hydrogen) atoms. The Balaban J connectivity index is 1.92. The molecular weight excluding hydrogens is 284 g/mol. The molecule has 2 heterocycles. The lowest BCUT2D eigenvalue weighted by Gasteiger charge is -2.32. The van der Waals surface area contributed by atoms with Crippen LogP contribution in [-0.4, -0.2) is 9.55 Å². The molecule has 0 amide bonds. The fourth-order valence-electron chi connectivity index (χ4n) is 3.79. The molecule has 118 valence electrons. The van der Waals surface area contributed by atoms with E-state index in [9.17, 15) is 4.79 Å². The first-order valence-electron chi connectivity index (χ1n) is 8.24. The van der Waals surface area contributed by atoms with E-state index in [4.69, 9.17) is 0 Å². The highest BCUT2D eigenvalue weighted by Crippen LogP contribution is 2.35. The van der Waals surface area contributed by atoms with Crippen LogP contribution >= 0.6 is 0 Å². The van der Waals surface area contributed by atoms with Gasteiger partial charge in [0.1, 0.15) is 0 Å². The fourth-order valence-corrected chi connectivity index (χ4v) is 3.79. The van der Waals surface area contributed by atoms with Gasteiger partial charge >= 0.3 is 0 Å². The van der Waals surface area contributed by atoms with Gasteiger partial charge in [-0.25, -0.2) is 0 Å². The maximum absolute atomic E-state index is 12.8. The van der Waals surface area contributed by atoms with Gasteiger partial charge in [0.25, 0.3) is 5.56 Å². The van der Waals surface area contributed by atoms with Crippen LogP contribution in [0, 0.1) is 5.41 Å². The fraction of sp³-hybridized carbons (Fsp3) is 0.350. The van der Waals surface area contributed by atoms with Crippen LogP contribution in [0.4, 0.5) is 0 Å². The molecule has 0 fully saturated rings. The van der Waals surface area contributed by atoms with Crippen LogP contribution < -0.4 is 5.56 Å². The van der Waals surface area contributed by atoms with Crippen LogP contribution in [0.3, 0.4) is 0 Å². The summed E-state index contributed by atoms with van der Waals surface area (Å²) in [6.07, 6.45) is 3.16. The number of rotatable bonds is 1. The van der Waals surface area contributed by atoms with Crippen molar-refractivity contribution in [2.45, 2.75) is 33.1 Å². The molecule has 0 bridgehead atoms. The van der Waals surface area contributed by atoms with Crippen molar-refractivity contribution >= 4 is 10.9 Å². The zero-order valence-electron chi connectivity index (χ0n) is 13.9. The molecule has 3 heteroatoms. The van der Waals surface area contributed by atoms with Gasteiger partial charge in [0.15, 0.2) is 0 Å². The minimum atomic E-state index is 0.0926. The van der Waals surface area contributed by atoms with Gasteiger partial charge in [0.05, 0.1) is 11.3 Å². The van der Waals surface area contributed by atoms with E-state index in [1.807, 2.05) is 29.8 Å².